The van der Waals surface area contributed by atoms with Gasteiger partial charge in [0.1, 0.15) is 0 Å². The summed E-state index contributed by atoms with van der Waals surface area (Å²) in [6.07, 6.45) is 0. The summed E-state index contributed by atoms with van der Waals surface area (Å²) in [5.41, 5.74) is 0.468. The number of aliphatic hydroxyl groups excluding tert-OH is 1. The lowest BCUT2D eigenvalue weighted by molar-refractivity contribution is 0.0922. The standard InChI is InChI=1S/C13H19NO4/c1-4-18-11-6-5-10(7-12(11)17-3)13(16)14-9(2)8-15/h5-7,9,15H,4,8H2,1-3H3,(H,14,16)/t9-/m0/s1. The van der Waals surface area contributed by atoms with Gasteiger partial charge in [-0.1, -0.05) is 0 Å². The van der Waals surface area contributed by atoms with Crippen molar-refractivity contribution in [3.8, 4) is 11.5 Å². The molecule has 0 unspecified atom stereocenters. The Balaban J connectivity index is 2.87. The number of nitrogens with one attached hydrogen (secondary N) is 1. The quantitative estimate of drug-likeness (QED) is 0.799. The minimum atomic E-state index is -0.282. The van der Waals surface area contributed by atoms with Crippen molar-refractivity contribution in [2.45, 2.75) is 19.9 Å². The van der Waals surface area contributed by atoms with E-state index in [-0.39, 0.29) is 18.6 Å². The van der Waals surface area contributed by atoms with Gasteiger partial charge in [-0.2, -0.15) is 0 Å². The fourth-order valence-corrected chi connectivity index (χ4v) is 1.44. The van der Waals surface area contributed by atoms with Gasteiger partial charge in [0.25, 0.3) is 5.91 Å². The van der Waals surface area contributed by atoms with Crippen LogP contribution < -0.4 is 14.8 Å². The van der Waals surface area contributed by atoms with Crippen molar-refractivity contribution in [3.63, 3.8) is 0 Å². The van der Waals surface area contributed by atoms with Crippen LogP contribution in [-0.4, -0.2) is 37.4 Å². The first-order valence-corrected chi connectivity index (χ1v) is 5.84. The smallest absolute Gasteiger partial charge is 0.251 e. The second kappa shape index (κ2) is 6.86. The van der Waals surface area contributed by atoms with Crippen LogP contribution in [0.4, 0.5) is 0 Å². The zero-order valence-electron chi connectivity index (χ0n) is 10.9. The van der Waals surface area contributed by atoms with Crippen molar-refractivity contribution < 1.29 is 19.4 Å². The Morgan fingerprint density at radius 1 is 1.44 bits per heavy atom. The third-order valence-corrected chi connectivity index (χ3v) is 2.38. The van der Waals surface area contributed by atoms with Crippen LogP contribution in [0.3, 0.4) is 0 Å². The van der Waals surface area contributed by atoms with Crippen molar-refractivity contribution in [1.82, 2.24) is 5.32 Å². The van der Waals surface area contributed by atoms with Crippen molar-refractivity contribution in [2.75, 3.05) is 20.3 Å². The number of carbonyl (C=O) groups excluding carboxylic acids is 1. The number of amides is 1. The highest BCUT2D eigenvalue weighted by Crippen LogP contribution is 2.27. The first kappa shape index (κ1) is 14.3. The lowest BCUT2D eigenvalue weighted by Crippen LogP contribution is -2.34. The molecule has 1 aromatic carbocycles. The molecule has 0 aliphatic carbocycles. The third kappa shape index (κ3) is 3.63. The molecule has 0 fully saturated rings. The molecule has 0 spiro atoms. The molecule has 1 aromatic rings. The molecular formula is C13H19NO4. The molecule has 5 heteroatoms. The molecule has 5 nitrogen and oxygen atoms in total. The van der Waals surface area contributed by atoms with Crippen LogP contribution in [-0.2, 0) is 0 Å². The number of hydrogen-bond donors (Lipinski definition) is 2. The van der Waals surface area contributed by atoms with Gasteiger partial charge in [0.15, 0.2) is 11.5 Å². The van der Waals surface area contributed by atoms with Crippen LogP contribution in [0.15, 0.2) is 18.2 Å². The Bertz CT molecular complexity index is 406. The summed E-state index contributed by atoms with van der Waals surface area (Å²) in [6.45, 7) is 4.04. The molecule has 0 heterocycles. The molecule has 0 aliphatic rings. The highest BCUT2D eigenvalue weighted by Gasteiger charge is 2.12. The van der Waals surface area contributed by atoms with E-state index in [0.717, 1.165) is 0 Å². The maximum absolute atomic E-state index is 11.8. The number of ether oxygens (including phenoxy) is 2. The van der Waals surface area contributed by atoms with Crippen LogP contribution in [0, 0.1) is 0 Å². The fraction of sp³-hybridized carbons (Fsp3) is 0.462. The molecule has 18 heavy (non-hydrogen) atoms. The van der Waals surface area contributed by atoms with Crippen molar-refractivity contribution in [2.24, 2.45) is 0 Å². The average molecular weight is 253 g/mol. The van der Waals surface area contributed by atoms with Crippen LogP contribution in [0.2, 0.25) is 0 Å². The van der Waals surface area contributed by atoms with E-state index in [1.165, 1.54) is 7.11 Å². The van der Waals surface area contributed by atoms with Crippen LogP contribution in [0.5, 0.6) is 11.5 Å². The summed E-state index contributed by atoms with van der Waals surface area (Å²) in [6, 6.07) is 4.69. The first-order chi connectivity index (χ1) is 8.62. The molecular weight excluding hydrogens is 234 g/mol. The highest BCUT2D eigenvalue weighted by molar-refractivity contribution is 5.95. The molecule has 1 amide bonds. The highest BCUT2D eigenvalue weighted by atomic mass is 16.5. The maximum Gasteiger partial charge on any atom is 0.251 e. The number of aliphatic hydroxyl groups is 1. The average Bonchev–Trinajstić information content (AvgIpc) is 2.39. The minimum Gasteiger partial charge on any atom is -0.493 e. The Morgan fingerprint density at radius 3 is 2.72 bits per heavy atom. The number of benzene rings is 1. The van der Waals surface area contributed by atoms with Crippen LogP contribution in [0.1, 0.15) is 24.2 Å². The summed E-state index contributed by atoms with van der Waals surface area (Å²) in [5, 5.41) is 11.5. The van der Waals surface area contributed by atoms with E-state index in [1.54, 1.807) is 25.1 Å². The van der Waals surface area contributed by atoms with Gasteiger partial charge in [-0.15, -0.1) is 0 Å². The van der Waals surface area contributed by atoms with E-state index in [2.05, 4.69) is 5.32 Å². The van der Waals surface area contributed by atoms with E-state index >= 15 is 0 Å². The summed E-state index contributed by atoms with van der Waals surface area (Å²) in [4.78, 5) is 11.8. The van der Waals surface area contributed by atoms with Crippen molar-refractivity contribution in [1.29, 1.82) is 0 Å². The number of carbonyl (C=O) groups is 1. The predicted octanol–water partition coefficient (Wildman–Crippen LogP) is 1.20. The second-order valence-electron chi connectivity index (χ2n) is 3.86. The largest absolute Gasteiger partial charge is 0.493 e. The molecule has 1 atom stereocenters. The first-order valence-electron chi connectivity index (χ1n) is 5.84. The molecule has 0 saturated carbocycles. The maximum atomic E-state index is 11.8. The van der Waals surface area contributed by atoms with Gasteiger partial charge in [-0.25, -0.2) is 0 Å². The lowest BCUT2D eigenvalue weighted by Gasteiger charge is -2.13. The van der Waals surface area contributed by atoms with E-state index in [4.69, 9.17) is 14.6 Å². The topological polar surface area (TPSA) is 67.8 Å². The Hall–Kier alpha value is -1.75. The third-order valence-electron chi connectivity index (χ3n) is 2.38. The lowest BCUT2D eigenvalue weighted by atomic mass is 10.1. The SMILES string of the molecule is CCOc1ccc(C(=O)N[C@@H](C)CO)cc1OC. The second-order valence-corrected chi connectivity index (χ2v) is 3.86. The van der Waals surface area contributed by atoms with Gasteiger partial charge in [0, 0.05) is 11.6 Å². The molecule has 0 aromatic heterocycles. The monoisotopic (exact) mass is 253 g/mol. The van der Waals surface area contributed by atoms with Crippen LogP contribution >= 0.6 is 0 Å². The predicted molar refractivity (Wildman–Crippen MR) is 68.2 cm³/mol. The molecule has 1 rings (SSSR count). The number of rotatable bonds is 6. The van der Waals surface area contributed by atoms with Crippen molar-refractivity contribution in [3.05, 3.63) is 23.8 Å². The fourth-order valence-electron chi connectivity index (χ4n) is 1.44. The molecule has 2 N–H and O–H groups in total. The molecule has 0 saturated heterocycles. The van der Waals surface area contributed by atoms with Gasteiger partial charge >= 0.3 is 0 Å². The number of methoxy groups -OCH3 is 1. The van der Waals surface area contributed by atoms with Gasteiger partial charge in [0.2, 0.25) is 0 Å². The van der Waals surface area contributed by atoms with Gasteiger partial charge in [-0.3, -0.25) is 4.79 Å². The van der Waals surface area contributed by atoms with Gasteiger partial charge in [-0.05, 0) is 32.0 Å². The summed E-state index contributed by atoms with van der Waals surface area (Å²) >= 11 is 0. The summed E-state index contributed by atoms with van der Waals surface area (Å²) in [7, 11) is 1.52. The molecule has 0 bridgehead atoms. The molecule has 0 aliphatic heterocycles. The van der Waals surface area contributed by atoms with Crippen molar-refractivity contribution >= 4 is 5.91 Å². The molecule has 0 radical (unpaired) electrons. The Morgan fingerprint density at radius 2 is 2.17 bits per heavy atom. The molecule has 100 valence electrons. The van der Waals surface area contributed by atoms with Crippen LogP contribution in [0.25, 0.3) is 0 Å². The zero-order valence-corrected chi connectivity index (χ0v) is 10.9. The Labute approximate surface area is 107 Å². The van der Waals surface area contributed by atoms with E-state index < -0.39 is 0 Å². The van der Waals surface area contributed by atoms with E-state index in [1.807, 2.05) is 6.92 Å². The Kier molecular flexibility index (Phi) is 5.45. The zero-order chi connectivity index (χ0) is 13.5. The van der Waals surface area contributed by atoms with E-state index in [0.29, 0.717) is 23.7 Å². The summed E-state index contributed by atoms with van der Waals surface area (Å²) < 4.78 is 10.5. The summed E-state index contributed by atoms with van der Waals surface area (Å²) in [5.74, 6) is 0.866. The number of hydrogen-bond acceptors (Lipinski definition) is 4. The van der Waals surface area contributed by atoms with Gasteiger partial charge in [0.05, 0.1) is 20.3 Å². The van der Waals surface area contributed by atoms with Gasteiger partial charge < -0.3 is 19.9 Å². The minimum absolute atomic E-state index is 0.0973. The normalized spacial score (nSPS) is 11.8. The van der Waals surface area contributed by atoms with E-state index in [9.17, 15) is 4.79 Å².